The SMILES string of the molecule is CC(=O)c1ccc(N2CCN(C(=O)NC(C)c3ccc4c(c3)OCCO4)CC2)c(F)c1. The highest BCUT2D eigenvalue weighted by Crippen LogP contribution is 2.32. The second kappa shape index (κ2) is 8.83. The minimum absolute atomic E-state index is 0.158. The number of rotatable bonds is 4. The highest BCUT2D eigenvalue weighted by atomic mass is 19.1. The molecule has 1 fully saturated rings. The Kier molecular flexibility index (Phi) is 5.97. The minimum atomic E-state index is -0.419. The van der Waals surface area contributed by atoms with E-state index in [1.165, 1.54) is 13.0 Å². The van der Waals surface area contributed by atoms with Crippen LogP contribution in [0.3, 0.4) is 0 Å². The summed E-state index contributed by atoms with van der Waals surface area (Å²) < 4.78 is 25.6. The van der Waals surface area contributed by atoms with Gasteiger partial charge in [0.25, 0.3) is 0 Å². The Labute approximate surface area is 180 Å². The van der Waals surface area contributed by atoms with Crippen molar-refractivity contribution in [3.63, 3.8) is 0 Å². The van der Waals surface area contributed by atoms with Crippen LogP contribution in [0.1, 0.15) is 35.8 Å². The fraction of sp³-hybridized carbons (Fsp3) is 0.391. The molecule has 31 heavy (non-hydrogen) atoms. The van der Waals surface area contributed by atoms with Gasteiger partial charge in [-0.25, -0.2) is 9.18 Å². The van der Waals surface area contributed by atoms with Crippen molar-refractivity contribution >= 4 is 17.5 Å². The van der Waals surface area contributed by atoms with Crippen LogP contribution in [0, 0.1) is 5.82 Å². The molecule has 1 saturated heterocycles. The van der Waals surface area contributed by atoms with E-state index in [1.54, 1.807) is 17.0 Å². The Balaban J connectivity index is 1.33. The molecule has 8 heteroatoms. The maximum absolute atomic E-state index is 14.4. The number of piperazine rings is 1. The number of carbonyl (C=O) groups excluding carboxylic acids is 2. The van der Waals surface area contributed by atoms with Gasteiger partial charge in [-0.05, 0) is 49.7 Å². The lowest BCUT2D eigenvalue weighted by Crippen LogP contribution is -2.52. The van der Waals surface area contributed by atoms with Gasteiger partial charge < -0.3 is 24.6 Å². The lowest BCUT2D eigenvalue weighted by atomic mass is 10.1. The lowest BCUT2D eigenvalue weighted by molar-refractivity contribution is 0.101. The number of anilines is 1. The number of benzene rings is 2. The van der Waals surface area contributed by atoms with E-state index in [2.05, 4.69) is 5.32 Å². The Morgan fingerprint density at radius 3 is 2.39 bits per heavy atom. The predicted octanol–water partition coefficient (Wildman–Crippen LogP) is 3.39. The smallest absolute Gasteiger partial charge is 0.317 e. The number of fused-ring (bicyclic) bond motifs is 1. The molecule has 2 aliphatic rings. The molecular formula is C23H26FN3O4. The van der Waals surface area contributed by atoms with E-state index in [1.807, 2.05) is 30.0 Å². The zero-order chi connectivity index (χ0) is 22.0. The van der Waals surface area contributed by atoms with Gasteiger partial charge in [0.2, 0.25) is 0 Å². The molecule has 1 atom stereocenters. The number of urea groups is 1. The summed E-state index contributed by atoms with van der Waals surface area (Å²) in [6.07, 6.45) is 0. The number of hydrogen-bond donors (Lipinski definition) is 1. The summed E-state index contributed by atoms with van der Waals surface area (Å²) in [6.45, 7) is 6.38. The van der Waals surface area contributed by atoms with E-state index in [0.717, 1.165) is 5.56 Å². The summed E-state index contributed by atoms with van der Waals surface area (Å²) in [5, 5.41) is 3.02. The van der Waals surface area contributed by atoms with Gasteiger partial charge >= 0.3 is 6.03 Å². The van der Waals surface area contributed by atoms with Gasteiger partial charge in [-0.1, -0.05) is 6.07 Å². The zero-order valence-electron chi connectivity index (χ0n) is 17.7. The lowest BCUT2D eigenvalue weighted by Gasteiger charge is -2.36. The summed E-state index contributed by atoms with van der Waals surface area (Å²) >= 11 is 0. The van der Waals surface area contributed by atoms with Crippen LogP contribution < -0.4 is 19.7 Å². The van der Waals surface area contributed by atoms with Crippen molar-refractivity contribution in [2.75, 3.05) is 44.3 Å². The Morgan fingerprint density at radius 2 is 1.71 bits per heavy atom. The fourth-order valence-corrected chi connectivity index (χ4v) is 3.82. The number of Topliss-reactive ketones (excluding diaryl/α,β-unsaturated/α-hetero) is 1. The number of amides is 2. The molecule has 1 N–H and O–H groups in total. The van der Waals surface area contributed by atoms with Gasteiger partial charge in [-0.3, -0.25) is 4.79 Å². The molecule has 0 radical (unpaired) electrons. The highest BCUT2D eigenvalue weighted by Gasteiger charge is 2.24. The number of nitrogens with one attached hydrogen (secondary N) is 1. The van der Waals surface area contributed by atoms with Crippen LogP contribution in [-0.4, -0.2) is 56.1 Å². The van der Waals surface area contributed by atoms with E-state index >= 15 is 0 Å². The molecule has 2 heterocycles. The maximum atomic E-state index is 14.4. The summed E-state index contributed by atoms with van der Waals surface area (Å²) in [5.74, 6) is 0.821. The van der Waals surface area contributed by atoms with Crippen molar-refractivity contribution in [3.05, 3.63) is 53.3 Å². The van der Waals surface area contributed by atoms with Crippen LogP contribution in [0.25, 0.3) is 0 Å². The van der Waals surface area contributed by atoms with Gasteiger partial charge in [-0.15, -0.1) is 0 Å². The third kappa shape index (κ3) is 4.57. The van der Waals surface area contributed by atoms with Crippen LogP contribution in [0.5, 0.6) is 11.5 Å². The van der Waals surface area contributed by atoms with Crippen molar-refractivity contribution < 1.29 is 23.5 Å². The molecule has 0 spiro atoms. The van der Waals surface area contributed by atoms with Gasteiger partial charge in [0, 0.05) is 31.7 Å². The molecule has 2 aromatic rings. The zero-order valence-corrected chi connectivity index (χ0v) is 17.7. The predicted molar refractivity (Wildman–Crippen MR) is 115 cm³/mol. The molecular weight excluding hydrogens is 401 g/mol. The number of nitrogens with zero attached hydrogens (tertiary/aromatic N) is 2. The standard InChI is InChI=1S/C23H26FN3O4/c1-15(17-4-6-21-22(14-17)31-12-11-30-21)25-23(29)27-9-7-26(8-10-27)20-5-3-18(16(2)28)13-19(20)24/h3-6,13-15H,7-12H2,1-2H3,(H,25,29). The molecule has 0 bridgehead atoms. The van der Waals surface area contributed by atoms with Gasteiger partial charge in [0.1, 0.15) is 19.0 Å². The van der Waals surface area contributed by atoms with Crippen LogP contribution >= 0.6 is 0 Å². The van der Waals surface area contributed by atoms with E-state index in [0.29, 0.717) is 62.1 Å². The van der Waals surface area contributed by atoms with Crippen molar-refractivity contribution in [3.8, 4) is 11.5 Å². The van der Waals surface area contributed by atoms with E-state index in [-0.39, 0.29) is 17.9 Å². The molecule has 0 aromatic heterocycles. The third-order valence-electron chi connectivity index (χ3n) is 5.67. The molecule has 4 rings (SSSR count). The van der Waals surface area contributed by atoms with Crippen LogP contribution in [0.4, 0.5) is 14.9 Å². The highest BCUT2D eigenvalue weighted by molar-refractivity contribution is 5.94. The topological polar surface area (TPSA) is 71.1 Å². The number of carbonyl (C=O) groups is 2. The number of ketones is 1. The van der Waals surface area contributed by atoms with Crippen molar-refractivity contribution in [2.45, 2.75) is 19.9 Å². The van der Waals surface area contributed by atoms with Crippen LogP contribution in [-0.2, 0) is 0 Å². The first-order chi connectivity index (χ1) is 14.9. The average molecular weight is 427 g/mol. The largest absolute Gasteiger partial charge is 0.486 e. The molecule has 164 valence electrons. The van der Waals surface area contributed by atoms with E-state index in [4.69, 9.17) is 9.47 Å². The number of halogens is 1. The summed E-state index contributed by atoms with van der Waals surface area (Å²) in [6, 6.07) is 9.85. The molecule has 1 unspecified atom stereocenters. The minimum Gasteiger partial charge on any atom is -0.486 e. The molecule has 0 aliphatic carbocycles. The fourth-order valence-electron chi connectivity index (χ4n) is 3.82. The maximum Gasteiger partial charge on any atom is 0.317 e. The van der Waals surface area contributed by atoms with Gasteiger partial charge in [0.05, 0.1) is 11.7 Å². The first-order valence-electron chi connectivity index (χ1n) is 10.4. The first kappa shape index (κ1) is 21.0. The van der Waals surface area contributed by atoms with Crippen molar-refractivity contribution in [1.82, 2.24) is 10.2 Å². The quantitative estimate of drug-likeness (QED) is 0.758. The van der Waals surface area contributed by atoms with Crippen molar-refractivity contribution in [1.29, 1.82) is 0 Å². The third-order valence-corrected chi connectivity index (χ3v) is 5.67. The van der Waals surface area contributed by atoms with Gasteiger partial charge in [0.15, 0.2) is 17.3 Å². The average Bonchev–Trinajstić information content (AvgIpc) is 2.78. The molecule has 2 aromatic carbocycles. The normalized spacial score (nSPS) is 16.6. The molecule has 7 nitrogen and oxygen atoms in total. The Hall–Kier alpha value is -3.29. The Morgan fingerprint density at radius 1 is 1.00 bits per heavy atom. The van der Waals surface area contributed by atoms with E-state index in [9.17, 15) is 14.0 Å². The van der Waals surface area contributed by atoms with Crippen molar-refractivity contribution in [2.24, 2.45) is 0 Å². The van der Waals surface area contributed by atoms with Crippen LogP contribution in [0.2, 0.25) is 0 Å². The first-order valence-corrected chi connectivity index (χ1v) is 10.4. The Bertz CT molecular complexity index is 989. The van der Waals surface area contributed by atoms with E-state index < -0.39 is 5.82 Å². The second-order valence-corrected chi connectivity index (χ2v) is 7.77. The number of ether oxygens (including phenoxy) is 2. The summed E-state index contributed by atoms with van der Waals surface area (Å²) in [4.78, 5) is 27.8. The summed E-state index contributed by atoms with van der Waals surface area (Å²) in [7, 11) is 0. The van der Waals surface area contributed by atoms with Gasteiger partial charge in [-0.2, -0.15) is 0 Å². The monoisotopic (exact) mass is 427 g/mol. The molecule has 0 saturated carbocycles. The molecule has 2 amide bonds. The second-order valence-electron chi connectivity index (χ2n) is 7.77. The summed E-state index contributed by atoms with van der Waals surface area (Å²) in [5.41, 5.74) is 1.74. The molecule has 2 aliphatic heterocycles. The van der Waals surface area contributed by atoms with Crippen LogP contribution in [0.15, 0.2) is 36.4 Å². The number of hydrogen-bond acceptors (Lipinski definition) is 5.